The van der Waals surface area contributed by atoms with Crippen LogP contribution in [-0.4, -0.2) is 39.0 Å². The molecule has 0 aromatic rings. The summed E-state index contributed by atoms with van der Waals surface area (Å²) in [6.45, 7) is -0.0322. The van der Waals surface area contributed by atoms with Crippen molar-refractivity contribution < 1.29 is 19.3 Å². The van der Waals surface area contributed by atoms with Crippen molar-refractivity contribution >= 4 is 0 Å². The van der Waals surface area contributed by atoms with Crippen LogP contribution < -0.4 is 0 Å². The van der Waals surface area contributed by atoms with Gasteiger partial charge in [-0.3, -0.25) is 0 Å². The molecule has 0 bridgehead atoms. The number of hydrogen-bond acceptors (Lipinski definition) is 4. The number of hydrogen-bond donors (Lipinski definition) is 1. The predicted octanol–water partition coefficient (Wildman–Crippen LogP) is -0.0382. The first-order chi connectivity index (χ1) is 4.74. The zero-order valence-corrected chi connectivity index (χ0v) is 6.59. The first kappa shape index (κ1) is 9.84. The topological polar surface area (TPSA) is 47.9 Å². The van der Waals surface area contributed by atoms with E-state index in [2.05, 4.69) is 0 Å². The van der Waals surface area contributed by atoms with Crippen molar-refractivity contribution in [1.29, 1.82) is 0 Å². The van der Waals surface area contributed by atoms with Crippen LogP contribution in [0.3, 0.4) is 0 Å². The van der Waals surface area contributed by atoms with Crippen molar-refractivity contribution in [3.63, 3.8) is 0 Å². The predicted molar refractivity (Wildman–Crippen MR) is 35.5 cm³/mol. The molecular formula is C6H14O4. The highest BCUT2D eigenvalue weighted by Crippen LogP contribution is 2.15. The van der Waals surface area contributed by atoms with E-state index in [4.69, 9.17) is 19.3 Å². The largest absolute Gasteiger partial charge is 0.396 e. The average Bonchev–Trinajstić information content (AvgIpc) is 2.01. The van der Waals surface area contributed by atoms with Crippen molar-refractivity contribution in [2.45, 2.75) is 12.4 Å². The Morgan fingerprint density at radius 3 is 1.60 bits per heavy atom. The molecule has 0 saturated heterocycles. The van der Waals surface area contributed by atoms with Crippen LogP contribution in [0.2, 0.25) is 0 Å². The molecule has 4 nitrogen and oxygen atoms in total. The Morgan fingerprint density at radius 2 is 1.50 bits per heavy atom. The van der Waals surface area contributed by atoms with Crippen molar-refractivity contribution in [3.8, 4) is 0 Å². The fourth-order valence-electron chi connectivity index (χ4n) is 0.693. The van der Waals surface area contributed by atoms with Gasteiger partial charge in [-0.25, -0.2) is 0 Å². The van der Waals surface area contributed by atoms with Crippen LogP contribution in [0.5, 0.6) is 0 Å². The Labute approximate surface area is 60.7 Å². The van der Waals surface area contributed by atoms with Crippen LogP contribution in [0, 0.1) is 0 Å². The molecule has 10 heavy (non-hydrogen) atoms. The zero-order chi connectivity index (χ0) is 8.04. The second kappa shape index (κ2) is 4.62. The van der Waals surface area contributed by atoms with Crippen molar-refractivity contribution in [3.05, 3.63) is 0 Å². The molecule has 0 atom stereocenters. The van der Waals surface area contributed by atoms with E-state index in [1.54, 1.807) is 0 Å². The number of aliphatic hydroxyl groups excluding tert-OH is 1. The molecule has 0 radical (unpaired) electrons. The third-order valence-corrected chi connectivity index (χ3v) is 1.35. The Morgan fingerprint density at radius 1 is 1.10 bits per heavy atom. The molecule has 0 rings (SSSR count). The molecule has 0 saturated carbocycles. The van der Waals surface area contributed by atoms with E-state index in [1.165, 1.54) is 21.3 Å². The summed E-state index contributed by atoms with van der Waals surface area (Å²) in [6.07, 6.45) is 0.302. The van der Waals surface area contributed by atoms with Gasteiger partial charge in [-0.15, -0.1) is 0 Å². The lowest BCUT2D eigenvalue weighted by atomic mass is 10.4. The summed E-state index contributed by atoms with van der Waals surface area (Å²) in [5, 5.41) is 8.56. The standard InChI is InChI=1S/C6H14O4/c1-8-6(9-2,10-3)4-5-7/h7H,4-5H2,1-3H3. The Balaban J connectivity index is 3.87. The molecule has 62 valence electrons. The molecular weight excluding hydrogens is 136 g/mol. The zero-order valence-electron chi connectivity index (χ0n) is 6.59. The number of rotatable bonds is 5. The van der Waals surface area contributed by atoms with Gasteiger partial charge < -0.3 is 19.3 Å². The van der Waals surface area contributed by atoms with Gasteiger partial charge in [0.2, 0.25) is 0 Å². The van der Waals surface area contributed by atoms with Crippen LogP contribution in [0.15, 0.2) is 0 Å². The quantitative estimate of drug-likeness (QED) is 0.559. The summed E-state index contributed by atoms with van der Waals surface area (Å²) >= 11 is 0. The van der Waals surface area contributed by atoms with E-state index in [0.717, 1.165) is 0 Å². The SMILES string of the molecule is COC(CCO)(OC)OC. The molecule has 0 heterocycles. The lowest BCUT2D eigenvalue weighted by Gasteiger charge is -2.27. The van der Waals surface area contributed by atoms with E-state index < -0.39 is 5.97 Å². The van der Waals surface area contributed by atoms with Crippen molar-refractivity contribution in [2.75, 3.05) is 27.9 Å². The highest BCUT2D eigenvalue weighted by molar-refractivity contribution is 4.52. The minimum Gasteiger partial charge on any atom is -0.396 e. The van der Waals surface area contributed by atoms with Gasteiger partial charge in [-0.05, 0) is 0 Å². The molecule has 0 fully saturated rings. The van der Waals surface area contributed by atoms with Gasteiger partial charge in [-0.1, -0.05) is 0 Å². The Kier molecular flexibility index (Phi) is 4.55. The summed E-state index contributed by atoms with van der Waals surface area (Å²) in [6, 6.07) is 0. The Bertz CT molecular complexity index is 71.6. The molecule has 1 N–H and O–H groups in total. The van der Waals surface area contributed by atoms with Crippen LogP contribution in [0.4, 0.5) is 0 Å². The maximum absolute atomic E-state index is 8.56. The van der Waals surface area contributed by atoms with Crippen LogP contribution in [0.25, 0.3) is 0 Å². The monoisotopic (exact) mass is 150 g/mol. The van der Waals surface area contributed by atoms with E-state index in [9.17, 15) is 0 Å². The van der Waals surface area contributed by atoms with Gasteiger partial charge >= 0.3 is 0 Å². The molecule has 0 aliphatic heterocycles. The lowest BCUT2D eigenvalue weighted by molar-refractivity contribution is -0.356. The van der Waals surface area contributed by atoms with Gasteiger partial charge in [0.05, 0.1) is 13.0 Å². The fourth-order valence-corrected chi connectivity index (χ4v) is 0.693. The molecule has 0 aliphatic carbocycles. The summed E-state index contributed by atoms with van der Waals surface area (Å²) in [4.78, 5) is 0. The molecule has 0 aromatic carbocycles. The van der Waals surface area contributed by atoms with E-state index in [1.807, 2.05) is 0 Å². The summed E-state index contributed by atoms with van der Waals surface area (Å²) < 4.78 is 14.6. The number of aliphatic hydroxyl groups is 1. The van der Waals surface area contributed by atoms with Crippen LogP contribution >= 0.6 is 0 Å². The normalized spacial score (nSPS) is 12.0. The second-order valence-corrected chi connectivity index (χ2v) is 1.77. The lowest BCUT2D eigenvalue weighted by Crippen LogP contribution is -2.36. The van der Waals surface area contributed by atoms with Gasteiger partial charge in [0.25, 0.3) is 5.97 Å². The fraction of sp³-hybridized carbons (Fsp3) is 1.00. The van der Waals surface area contributed by atoms with Gasteiger partial charge in [0.1, 0.15) is 0 Å². The van der Waals surface area contributed by atoms with E-state index in [0.29, 0.717) is 6.42 Å². The summed E-state index contributed by atoms with van der Waals surface area (Å²) in [7, 11) is 4.38. The van der Waals surface area contributed by atoms with Gasteiger partial charge in [-0.2, -0.15) is 0 Å². The smallest absolute Gasteiger partial charge is 0.284 e. The number of ether oxygens (including phenoxy) is 3. The molecule has 4 heteroatoms. The molecule has 0 unspecified atom stereocenters. The minimum atomic E-state index is -1.07. The molecule has 0 aromatic heterocycles. The first-order valence-corrected chi connectivity index (χ1v) is 3.01. The second-order valence-electron chi connectivity index (χ2n) is 1.77. The van der Waals surface area contributed by atoms with Gasteiger partial charge in [0.15, 0.2) is 0 Å². The van der Waals surface area contributed by atoms with E-state index >= 15 is 0 Å². The van der Waals surface area contributed by atoms with E-state index in [-0.39, 0.29) is 6.61 Å². The van der Waals surface area contributed by atoms with Gasteiger partial charge in [0, 0.05) is 21.3 Å². The maximum Gasteiger partial charge on any atom is 0.284 e. The van der Waals surface area contributed by atoms with Crippen LogP contribution in [-0.2, 0) is 14.2 Å². The average molecular weight is 150 g/mol. The van der Waals surface area contributed by atoms with Crippen molar-refractivity contribution in [2.24, 2.45) is 0 Å². The Hall–Kier alpha value is -0.160. The maximum atomic E-state index is 8.56. The first-order valence-electron chi connectivity index (χ1n) is 3.01. The highest BCUT2D eigenvalue weighted by atomic mass is 16.9. The summed E-state index contributed by atoms with van der Waals surface area (Å²) in [5.74, 6) is -1.07. The minimum absolute atomic E-state index is 0.0322. The number of methoxy groups -OCH3 is 3. The summed E-state index contributed by atoms with van der Waals surface area (Å²) in [5.41, 5.74) is 0. The van der Waals surface area contributed by atoms with Crippen LogP contribution in [0.1, 0.15) is 6.42 Å². The highest BCUT2D eigenvalue weighted by Gasteiger charge is 2.28. The molecule has 0 aliphatic rings. The third-order valence-electron chi connectivity index (χ3n) is 1.35. The molecule has 0 amide bonds. The third kappa shape index (κ3) is 2.22. The molecule has 0 spiro atoms. The van der Waals surface area contributed by atoms with Crippen molar-refractivity contribution in [1.82, 2.24) is 0 Å².